The lowest BCUT2D eigenvalue weighted by molar-refractivity contribution is -0.153. The smallest absolute Gasteiger partial charge is 0.321 e. The summed E-state index contributed by atoms with van der Waals surface area (Å²) < 4.78 is 31.3. The quantitative estimate of drug-likeness (QED) is 0.676. The number of nitrogens with one attached hydrogen (secondary N) is 2. The van der Waals surface area contributed by atoms with Crippen LogP contribution in [0, 0.1) is 11.3 Å². The van der Waals surface area contributed by atoms with Crippen LogP contribution in [-0.2, 0) is 24.3 Å². The summed E-state index contributed by atoms with van der Waals surface area (Å²) in [6, 6.07) is 7.26. The highest BCUT2D eigenvalue weighted by Gasteiger charge is 2.24. The van der Waals surface area contributed by atoms with Gasteiger partial charge in [-0.1, -0.05) is 12.8 Å². The Morgan fingerprint density at radius 1 is 1.27 bits per heavy atom. The van der Waals surface area contributed by atoms with E-state index in [1.807, 2.05) is 6.07 Å². The monoisotopic (exact) mass is 379 g/mol. The number of nitrogens with zero attached hydrogens (tertiary/aromatic N) is 1. The molecule has 1 aliphatic rings. The van der Waals surface area contributed by atoms with Crippen molar-refractivity contribution < 1.29 is 22.7 Å². The molecule has 140 valence electrons. The standard InChI is InChI=1S/C17H21N3O5S/c1-12(17(22)20-14-4-2-3-5-14)25-16(21)11-19-26(23,24)15-8-6-13(10-18)7-9-15/h6-9,12,14,19H,2-5,11H2,1H3,(H,20,22)/t12-/m1/s1. The molecular formula is C17H21N3O5S. The van der Waals surface area contributed by atoms with Crippen molar-refractivity contribution in [3.63, 3.8) is 0 Å². The van der Waals surface area contributed by atoms with Crippen LogP contribution in [0.2, 0.25) is 0 Å². The molecule has 9 heteroatoms. The van der Waals surface area contributed by atoms with E-state index >= 15 is 0 Å². The Balaban J connectivity index is 1.82. The molecule has 1 amide bonds. The summed E-state index contributed by atoms with van der Waals surface area (Å²) in [6.45, 7) is 0.848. The first-order valence-electron chi connectivity index (χ1n) is 8.31. The van der Waals surface area contributed by atoms with Gasteiger partial charge in [0.05, 0.1) is 16.5 Å². The fourth-order valence-electron chi connectivity index (χ4n) is 2.63. The van der Waals surface area contributed by atoms with E-state index in [-0.39, 0.29) is 16.8 Å². The van der Waals surface area contributed by atoms with Crippen LogP contribution in [0.15, 0.2) is 29.2 Å². The molecule has 2 N–H and O–H groups in total. The molecule has 1 aromatic carbocycles. The Labute approximate surface area is 152 Å². The van der Waals surface area contributed by atoms with Gasteiger partial charge in [-0.05, 0) is 44.0 Å². The number of sulfonamides is 1. The molecule has 1 atom stereocenters. The van der Waals surface area contributed by atoms with Crippen LogP contribution < -0.4 is 10.0 Å². The van der Waals surface area contributed by atoms with Gasteiger partial charge in [0.15, 0.2) is 6.10 Å². The molecule has 0 saturated heterocycles. The molecule has 0 aliphatic heterocycles. The summed E-state index contributed by atoms with van der Waals surface area (Å²) in [5.41, 5.74) is 0.324. The molecule has 26 heavy (non-hydrogen) atoms. The second-order valence-corrected chi connectivity index (χ2v) is 7.85. The van der Waals surface area contributed by atoms with Crippen LogP contribution in [0.1, 0.15) is 38.2 Å². The lowest BCUT2D eigenvalue weighted by Crippen LogP contribution is -2.42. The van der Waals surface area contributed by atoms with Crippen LogP contribution in [0.4, 0.5) is 0 Å². The van der Waals surface area contributed by atoms with E-state index in [0.29, 0.717) is 5.56 Å². The average molecular weight is 379 g/mol. The summed E-state index contributed by atoms with van der Waals surface area (Å²) in [6.07, 6.45) is 2.96. The van der Waals surface area contributed by atoms with Gasteiger partial charge in [-0.2, -0.15) is 9.98 Å². The van der Waals surface area contributed by atoms with E-state index in [1.54, 1.807) is 0 Å². The predicted octanol–water partition coefficient (Wildman–Crippen LogP) is 0.827. The summed E-state index contributed by atoms with van der Waals surface area (Å²) >= 11 is 0. The third kappa shape index (κ3) is 5.54. The molecule has 1 fully saturated rings. The second kappa shape index (κ2) is 8.78. The second-order valence-electron chi connectivity index (χ2n) is 6.08. The molecule has 0 heterocycles. The van der Waals surface area contributed by atoms with E-state index < -0.39 is 28.6 Å². The van der Waals surface area contributed by atoms with E-state index in [1.165, 1.54) is 31.2 Å². The normalized spacial score (nSPS) is 15.8. The van der Waals surface area contributed by atoms with Crippen molar-refractivity contribution in [3.8, 4) is 6.07 Å². The maximum Gasteiger partial charge on any atom is 0.321 e. The molecule has 0 bridgehead atoms. The molecule has 1 aromatic rings. The van der Waals surface area contributed by atoms with Gasteiger partial charge in [0.2, 0.25) is 10.0 Å². The molecule has 0 radical (unpaired) electrons. The zero-order valence-corrected chi connectivity index (χ0v) is 15.2. The molecule has 8 nitrogen and oxygen atoms in total. The first-order chi connectivity index (χ1) is 12.3. The number of benzene rings is 1. The highest BCUT2D eigenvalue weighted by Crippen LogP contribution is 2.17. The summed E-state index contributed by atoms with van der Waals surface area (Å²) in [4.78, 5) is 23.7. The third-order valence-electron chi connectivity index (χ3n) is 4.08. The van der Waals surface area contributed by atoms with E-state index in [4.69, 9.17) is 10.00 Å². The number of ether oxygens (including phenoxy) is 1. The van der Waals surface area contributed by atoms with Gasteiger partial charge < -0.3 is 10.1 Å². The van der Waals surface area contributed by atoms with Gasteiger partial charge in [-0.3, -0.25) is 9.59 Å². The first kappa shape index (κ1) is 19.9. The van der Waals surface area contributed by atoms with Gasteiger partial charge in [0, 0.05) is 6.04 Å². The number of rotatable bonds is 7. The number of esters is 1. The number of nitriles is 1. The van der Waals surface area contributed by atoms with Crippen molar-refractivity contribution in [1.82, 2.24) is 10.0 Å². The van der Waals surface area contributed by atoms with Gasteiger partial charge in [0.1, 0.15) is 6.54 Å². The summed E-state index contributed by atoms with van der Waals surface area (Å²) in [5, 5.41) is 11.5. The molecule has 1 aliphatic carbocycles. The van der Waals surface area contributed by atoms with E-state index in [9.17, 15) is 18.0 Å². The van der Waals surface area contributed by atoms with Gasteiger partial charge >= 0.3 is 5.97 Å². The zero-order chi connectivity index (χ0) is 19.2. The lowest BCUT2D eigenvalue weighted by Gasteiger charge is -2.17. The molecule has 0 spiro atoms. The lowest BCUT2D eigenvalue weighted by atomic mass is 10.2. The molecule has 0 unspecified atom stereocenters. The maximum atomic E-state index is 12.1. The molecular weight excluding hydrogens is 358 g/mol. The van der Waals surface area contributed by atoms with Crippen LogP contribution in [0.5, 0.6) is 0 Å². The summed E-state index contributed by atoms with van der Waals surface area (Å²) in [5.74, 6) is -1.24. The van der Waals surface area contributed by atoms with Crippen LogP contribution in [0.3, 0.4) is 0 Å². The highest BCUT2D eigenvalue weighted by atomic mass is 32.2. The molecule has 2 rings (SSSR count). The number of hydrogen-bond donors (Lipinski definition) is 2. The van der Waals surface area contributed by atoms with Crippen molar-refractivity contribution in [2.75, 3.05) is 6.54 Å². The Morgan fingerprint density at radius 3 is 2.46 bits per heavy atom. The Bertz CT molecular complexity index is 793. The SMILES string of the molecule is C[C@@H](OC(=O)CNS(=O)(=O)c1ccc(C#N)cc1)C(=O)NC1CCCC1. The third-order valence-corrected chi connectivity index (χ3v) is 5.50. The Morgan fingerprint density at radius 2 is 1.88 bits per heavy atom. The van der Waals surface area contributed by atoms with Gasteiger partial charge in [-0.25, -0.2) is 8.42 Å². The van der Waals surface area contributed by atoms with Gasteiger partial charge in [0.25, 0.3) is 5.91 Å². The summed E-state index contributed by atoms with van der Waals surface area (Å²) in [7, 11) is -3.92. The first-order valence-corrected chi connectivity index (χ1v) is 9.80. The Kier molecular flexibility index (Phi) is 6.71. The number of carbonyl (C=O) groups excluding carboxylic acids is 2. The molecule has 1 saturated carbocycles. The molecule has 0 aromatic heterocycles. The van der Waals surface area contributed by atoms with Gasteiger partial charge in [-0.15, -0.1) is 0 Å². The van der Waals surface area contributed by atoms with E-state index in [0.717, 1.165) is 25.7 Å². The van der Waals surface area contributed by atoms with Crippen LogP contribution in [0.25, 0.3) is 0 Å². The minimum absolute atomic E-state index is 0.0728. The van der Waals surface area contributed by atoms with E-state index in [2.05, 4.69) is 10.0 Å². The van der Waals surface area contributed by atoms with Crippen LogP contribution >= 0.6 is 0 Å². The van der Waals surface area contributed by atoms with Crippen molar-refractivity contribution in [2.45, 2.75) is 49.6 Å². The van der Waals surface area contributed by atoms with Crippen molar-refractivity contribution in [2.24, 2.45) is 0 Å². The van der Waals surface area contributed by atoms with Crippen LogP contribution in [-0.4, -0.2) is 39.0 Å². The largest absolute Gasteiger partial charge is 0.452 e. The topological polar surface area (TPSA) is 125 Å². The van der Waals surface area contributed by atoms with Crippen molar-refractivity contribution in [3.05, 3.63) is 29.8 Å². The predicted molar refractivity (Wildman–Crippen MR) is 92.3 cm³/mol. The fraction of sp³-hybridized carbons (Fsp3) is 0.471. The number of amides is 1. The minimum atomic E-state index is -3.92. The van der Waals surface area contributed by atoms with Crippen molar-refractivity contribution in [1.29, 1.82) is 5.26 Å². The zero-order valence-electron chi connectivity index (χ0n) is 14.4. The Hall–Kier alpha value is -2.44. The highest BCUT2D eigenvalue weighted by molar-refractivity contribution is 7.89. The number of hydrogen-bond acceptors (Lipinski definition) is 6. The van der Waals surface area contributed by atoms with Crippen molar-refractivity contribution >= 4 is 21.9 Å². The minimum Gasteiger partial charge on any atom is -0.452 e. The maximum absolute atomic E-state index is 12.1. The number of carbonyl (C=O) groups is 2. The average Bonchev–Trinajstić information content (AvgIpc) is 3.13. The fourth-order valence-corrected chi connectivity index (χ4v) is 3.60.